The van der Waals surface area contributed by atoms with Gasteiger partial charge in [0.05, 0.1) is 31.9 Å². The fourth-order valence-electron chi connectivity index (χ4n) is 2.83. The molecule has 7 nitrogen and oxygen atoms in total. The lowest BCUT2D eigenvalue weighted by molar-refractivity contribution is -0.115. The number of benzene rings is 2. The third-order valence-electron chi connectivity index (χ3n) is 4.30. The van der Waals surface area contributed by atoms with E-state index in [9.17, 15) is 13.2 Å². The van der Waals surface area contributed by atoms with E-state index in [1.165, 1.54) is 23.9 Å². The first kappa shape index (κ1) is 22.9. The summed E-state index contributed by atoms with van der Waals surface area (Å²) in [5.74, 6) is -0.260. The quantitative estimate of drug-likeness (QED) is 0.477. The summed E-state index contributed by atoms with van der Waals surface area (Å²) in [4.78, 5) is 17.2. The smallest absolute Gasteiger partial charge is 0.238 e. The number of carbonyl (C=O) groups excluding carboxylic acids is 1. The molecule has 0 aliphatic rings. The molecule has 1 aromatic heterocycles. The summed E-state index contributed by atoms with van der Waals surface area (Å²) < 4.78 is 25.3. The van der Waals surface area contributed by atoms with Crippen molar-refractivity contribution in [3.63, 3.8) is 0 Å². The number of primary sulfonamides is 1. The molecule has 0 aliphatic heterocycles. The monoisotopic (exact) mass is 486 g/mol. The molecule has 0 spiro atoms. The minimum Gasteiger partial charge on any atom is -0.324 e. The van der Waals surface area contributed by atoms with Crippen LogP contribution in [-0.4, -0.2) is 29.1 Å². The predicted molar refractivity (Wildman–Crippen MR) is 122 cm³/mol. The molecule has 30 heavy (non-hydrogen) atoms. The number of nitrogens with zero attached hydrogens (tertiary/aromatic N) is 2. The Hall–Kier alpha value is -1.78. The molecule has 1 amide bonds. The molecule has 1 heterocycles. The highest BCUT2D eigenvalue weighted by Gasteiger charge is 2.21. The summed E-state index contributed by atoms with van der Waals surface area (Å²) in [6.07, 6.45) is 0.842. The molecule has 0 saturated carbocycles. The first-order valence-corrected chi connectivity index (χ1v) is 12.2. The minimum absolute atomic E-state index is 0.00547. The normalized spacial score (nSPS) is 12.8. The van der Waals surface area contributed by atoms with E-state index in [1.807, 2.05) is 11.5 Å². The standard InChI is InChI=1S/C19H20Cl2N4O3S2/c1-3-8-25-17-7-5-13(30(22,27)28)10-16(17)24-19(25)29-11(2)18(26)23-15-9-12(20)4-6-14(15)21/h4-7,9-11H,3,8H2,1-2H3,(H,23,26)(H2,22,27,28). The van der Waals surface area contributed by atoms with Gasteiger partial charge >= 0.3 is 0 Å². The number of anilines is 1. The van der Waals surface area contributed by atoms with Crippen molar-refractivity contribution in [2.45, 2.75) is 42.1 Å². The molecule has 1 atom stereocenters. The summed E-state index contributed by atoms with van der Waals surface area (Å²) in [6, 6.07) is 9.41. The number of halogens is 2. The fraction of sp³-hybridized carbons (Fsp3) is 0.263. The van der Waals surface area contributed by atoms with Crippen LogP contribution in [0.4, 0.5) is 5.69 Å². The van der Waals surface area contributed by atoms with Crippen molar-refractivity contribution in [3.05, 3.63) is 46.4 Å². The van der Waals surface area contributed by atoms with Crippen molar-refractivity contribution < 1.29 is 13.2 Å². The Kier molecular flexibility index (Phi) is 6.98. The van der Waals surface area contributed by atoms with Crippen LogP contribution in [0.3, 0.4) is 0 Å². The molecule has 1 unspecified atom stereocenters. The van der Waals surface area contributed by atoms with Crippen molar-refractivity contribution in [1.29, 1.82) is 0 Å². The zero-order valence-electron chi connectivity index (χ0n) is 16.2. The van der Waals surface area contributed by atoms with Gasteiger partial charge in [0, 0.05) is 11.6 Å². The zero-order valence-corrected chi connectivity index (χ0v) is 19.4. The van der Waals surface area contributed by atoms with Gasteiger partial charge in [-0.3, -0.25) is 4.79 Å². The van der Waals surface area contributed by atoms with E-state index < -0.39 is 15.3 Å². The topological polar surface area (TPSA) is 107 Å². The largest absolute Gasteiger partial charge is 0.324 e. The van der Waals surface area contributed by atoms with E-state index >= 15 is 0 Å². The first-order chi connectivity index (χ1) is 14.1. The third kappa shape index (κ3) is 5.09. The predicted octanol–water partition coefficient (Wildman–Crippen LogP) is 4.52. The van der Waals surface area contributed by atoms with Crippen LogP contribution in [-0.2, 0) is 21.4 Å². The lowest BCUT2D eigenvalue weighted by Gasteiger charge is -2.14. The maximum atomic E-state index is 12.7. The molecule has 11 heteroatoms. The van der Waals surface area contributed by atoms with E-state index in [1.54, 1.807) is 31.2 Å². The second-order valence-corrected chi connectivity index (χ2v) is 10.3. The number of imidazole rings is 1. The molecule has 0 fully saturated rings. The van der Waals surface area contributed by atoms with E-state index in [2.05, 4.69) is 10.3 Å². The van der Waals surface area contributed by atoms with Gasteiger partial charge in [0.2, 0.25) is 15.9 Å². The van der Waals surface area contributed by atoms with Gasteiger partial charge in [-0.05, 0) is 49.7 Å². The summed E-state index contributed by atoms with van der Waals surface area (Å²) in [7, 11) is -3.83. The third-order valence-corrected chi connectivity index (χ3v) is 6.86. The van der Waals surface area contributed by atoms with E-state index in [4.69, 9.17) is 28.3 Å². The van der Waals surface area contributed by atoms with E-state index in [0.29, 0.717) is 33.0 Å². The number of carbonyl (C=O) groups is 1. The Bertz CT molecular complexity index is 1210. The van der Waals surface area contributed by atoms with Crippen LogP contribution in [0.1, 0.15) is 20.3 Å². The van der Waals surface area contributed by atoms with Gasteiger partial charge in [0.1, 0.15) is 0 Å². The van der Waals surface area contributed by atoms with Crippen LogP contribution < -0.4 is 10.5 Å². The van der Waals surface area contributed by atoms with Gasteiger partial charge < -0.3 is 9.88 Å². The van der Waals surface area contributed by atoms with Gasteiger partial charge in [-0.15, -0.1) is 0 Å². The summed E-state index contributed by atoms with van der Waals surface area (Å²) >= 11 is 13.4. The number of aryl methyl sites for hydroxylation is 1. The van der Waals surface area contributed by atoms with Crippen LogP contribution >= 0.6 is 35.0 Å². The number of fused-ring (bicyclic) bond motifs is 1. The molecular formula is C19H20Cl2N4O3S2. The molecular weight excluding hydrogens is 467 g/mol. The van der Waals surface area contributed by atoms with E-state index in [0.717, 1.165) is 11.9 Å². The number of hydrogen-bond donors (Lipinski definition) is 2. The highest BCUT2D eigenvalue weighted by molar-refractivity contribution is 8.00. The molecule has 3 aromatic rings. The summed E-state index contributed by atoms with van der Waals surface area (Å²) in [6.45, 7) is 4.45. The molecule has 0 bridgehead atoms. The van der Waals surface area contributed by atoms with Crippen molar-refractivity contribution >= 4 is 67.6 Å². The second kappa shape index (κ2) is 9.15. The first-order valence-electron chi connectivity index (χ1n) is 9.05. The van der Waals surface area contributed by atoms with Crippen molar-refractivity contribution in [3.8, 4) is 0 Å². The Balaban J connectivity index is 1.88. The van der Waals surface area contributed by atoms with Crippen molar-refractivity contribution in [2.75, 3.05) is 5.32 Å². The van der Waals surface area contributed by atoms with Gasteiger partial charge in [0.15, 0.2) is 5.16 Å². The number of nitrogens with one attached hydrogen (secondary N) is 1. The number of sulfonamides is 1. The number of nitrogens with two attached hydrogens (primary N) is 1. The van der Waals surface area contributed by atoms with Gasteiger partial charge in [-0.2, -0.15) is 0 Å². The second-order valence-electron chi connectivity index (χ2n) is 6.62. The van der Waals surface area contributed by atoms with Crippen LogP contribution in [0.15, 0.2) is 46.5 Å². The Morgan fingerprint density at radius 2 is 2.00 bits per heavy atom. The van der Waals surface area contributed by atoms with Crippen LogP contribution in [0, 0.1) is 0 Å². The molecule has 2 aromatic carbocycles. The number of rotatable bonds is 7. The molecule has 3 N–H and O–H groups in total. The Morgan fingerprint density at radius 1 is 1.27 bits per heavy atom. The van der Waals surface area contributed by atoms with Crippen LogP contribution in [0.5, 0.6) is 0 Å². The van der Waals surface area contributed by atoms with E-state index in [-0.39, 0.29) is 10.8 Å². The Labute approximate surface area is 189 Å². The minimum atomic E-state index is -3.83. The van der Waals surface area contributed by atoms with Gasteiger partial charge in [-0.25, -0.2) is 18.5 Å². The number of amides is 1. The average Bonchev–Trinajstić information content (AvgIpc) is 3.00. The fourth-order valence-corrected chi connectivity index (χ4v) is 4.65. The van der Waals surface area contributed by atoms with Gasteiger partial charge in [0.25, 0.3) is 0 Å². The SMILES string of the molecule is CCCn1c(SC(C)C(=O)Nc2cc(Cl)ccc2Cl)nc2cc(S(N)(=O)=O)ccc21. The summed E-state index contributed by atoms with van der Waals surface area (Å²) in [5.41, 5.74) is 1.71. The number of thioether (sulfide) groups is 1. The summed E-state index contributed by atoms with van der Waals surface area (Å²) in [5, 5.41) is 8.97. The highest BCUT2D eigenvalue weighted by Crippen LogP contribution is 2.31. The molecule has 0 aliphatic carbocycles. The van der Waals surface area contributed by atoms with Crippen LogP contribution in [0.25, 0.3) is 11.0 Å². The maximum Gasteiger partial charge on any atom is 0.238 e. The van der Waals surface area contributed by atoms with Gasteiger partial charge in [-0.1, -0.05) is 41.9 Å². The number of aromatic nitrogens is 2. The van der Waals surface area contributed by atoms with Crippen LogP contribution in [0.2, 0.25) is 10.0 Å². The lowest BCUT2D eigenvalue weighted by Crippen LogP contribution is -2.23. The highest BCUT2D eigenvalue weighted by atomic mass is 35.5. The molecule has 0 saturated heterocycles. The lowest BCUT2D eigenvalue weighted by atomic mass is 10.3. The van der Waals surface area contributed by atoms with Crippen molar-refractivity contribution in [2.24, 2.45) is 5.14 Å². The number of hydrogen-bond acceptors (Lipinski definition) is 5. The average molecular weight is 487 g/mol. The molecule has 0 radical (unpaired) electrons. The Morgan fingerprint density at radius 3 is 2.67 bits per heavy atom. The molecule has 3 rings (SSSR count). The maximum absolute atomic E-state index is 12.7. The molecule has 160 valence electrons. The zero-order chi connectivity index (χ0) is 22.1. The van der Waals surface area contributed by atoms with Crippen molar-refractivity contribution in [1.82, 2.24) is 9.55 Å².